The molecule has 1 aliphatic carbocycles. The Morgan fingerprint density at radius 1 is 1.11 bits per heavy atom. The summed E-state index contributed by atoms with van der Waals surface area (Å²) in [7, 11) is 2.66. The molecule has 2 aromatic heterocycles. The highest BCUT2D eigenvalue weighted by molar-refractivity contribution is 5.79. The second-order valence-corrected chi connectivity index (χ2v) is 8.68. The van der Waals surface area contributed by atoms with Crippen molar-refractivity contribution in [3.05, 3.63) is 64.8 Å². The van der Waals surface area contributed by atoms with Gasteiger partial charge in [-0.15, -0.1) is 0 Å². The van der Waals surface area contributed by atoms with E-state index in [1.165, 1.54) is 20.3 Å². The van der Waals surface area contributed by atoms with E-state index in [0.717, 1.165) is 48.3 Å². The van der Waals surface area contributed by atoms with Crippen molar-refractivity contribution in [3.63, 3.8) is 0 Å². The van der Waals surface area contributed by atoms with E-state index in [9.17, 15) is 14.0 Å². The first-order valence-corrected chi connectivity index (χ1v) is 11.5. The molecular weight excluding hydrogens is 452 g/mol. The number of benzene rings is 1. The van der Waals surface area contributed by atoms with Crippen molar-refractivity contribution in [1.29, 1.82) is 5.26 Å². The van der Waals surface area contributed by atoms with Gasteiger partial charge >= 0.3 is 0 Å². The van der Waals surface area contributed by atoms with Crippen molar-refractivity contribution in [2.75, 3.05) is 27.3 Å². The number of allylic oxidation sites excluding steroid dienone is 2. The number of nitrogens with one attached hydrogen (secondary N) is 1. The molecule has 9 heteroatoms. The van der Waals surface area contributed by atoms with Crippen LogP contribution in [-0.4, -0.2) is 42.1 Å². The number of methoxy groups -OCH3 is 2. The number of nitriles is 1. The van der Waals surface area contributed by atoms with Crippen molar-refractivity contribution in [1.82, 2.24) is 20.1 Å². The van der Waals surface area contributed by atoms with E-state index in [1.54, 1.807) is 6.20 Å². The first kappa shape index (κ1) is 23.0. The Hall–Kier alpha value is -3.77. The maximum atomic E-state index is 15.0. The van der Waals surface area contributed by atoms with Crippen LogP contribution in [0, 0.1) is 23.0 Å². The van der Waals surface area contributed by atoms with Crippen LogP contribution in [0.4, 0.5) is 8.78 Å². The van der Waals surface area contributed by atoms with Gasteiger partial charge in [0.25, 0.3) is 0 Å². The average molecular weight is 478 g/mol. The molecule has 0 radical (unpaired) electrons. The topological polar surface area (TPSA) is 85.0 Å². The number of fused-ring (bicyclic) bond motifs is 1. The monoisotopic (exact) mass is 477 g/mol. The number of rotatable bonds is 6. The van der Waals surface area contributed by atoms with Gasteiger partial charge in [0.15, 0.2) is 28.8 Å². The Morgan fingerprint density at radius 3 is 2.49 bits per heavy atom. The number of piperidine rings is 1. The molecule has 0 atom stereocenters. The molecule has 3 aromatic rings. The van der Waals surface area contributed by atoms with Crippen LogP contribution in [-0.2, 0) is 12.8 Å². The van der Waals surface area contributed by atoms with Gasteiger partial charge in [0.1, 0.15) is 6.07 Å². The highest BCUT2D eigenvalue weighted by atomic mass is 19.1. The summed E-state index contributed by atoms with van der Waals surface area (Å²) >= 11 is 0. The molecule has 5 rings (SSSR count). The predicted molar refractivity (Wildman–Crippen MR) is 126 cm³/mol. The Morgan fingerprint density at radius 2 is 1.83 bits per heavy atom. The molecule has 35 heavy (non-hydrogen) atoms. The molecule has 0 unspecified atom stereocenters. The van der Waals surface area contributed by atoms with Gasteiger partial charge in [0.2, 0.25) is 0 Å². The summed E-state index contributed by atoms with van der Waals surface area (Å²) in [5, 5.41) is 17.6. The molecule has 0 amide bonds. The van der Waals surface area contributed by atoms with Gasteiger partial charge in [-0.25, -0.2) is 8.78 Å². The Bertz CT molecular complexity index is 1320. The summed E-state index contributed by atoms with van der Waals surface area (Å²) in [6.07, 6.45) is 8.04. The fourth-order valence-electron chi connectivity index (χ4n) is 4.80. The third-order valence-electron chi connectivity index (χ3n) is 6.72. The number of hydrogen-bond acceptors (Lipinski definition) is 6. The minimum atomic E-state index is -0.751. The third kappa shape index (κ3) is 4.15. The highest BCUT2D eigenvalue weighted by Gasteiger charge is 2.25. The van der Waals surface area contributed by atoms with E-state index in [0.29, 0.717) is 17.7 Å². The Labute approximate surface area is 202 Å². The molecule has 7 nitrogen and oxygen atoms in total. The minimum absolute atomic E-state index is 0.0167. The lowest BCUT2D eigenvalue weighted by Gasteiger charge is -2.22. The maximum absolute atomic E-state index is 15.0. The summed E-state index contributed by atoms with van der Waals surface area (Å²) in [5.74, 6) is -1.65. The fourth-order valence-corrected chi connectivity index (χ4v) is 4.80. The lowest BCUT2D eigenvalue weighted by atomic mass is 9.97. The van der Waals surface area contributed by atoms with Gasteiger partial charge < -0.3 is 14.8 Å². The van der Waals surface area contributed by atoms with Crippen molar-refractivity contribution in [3.8, 4) is 28.7 Å². The summed E-state index contributed by atoms with van der Waals surface area (Å²) in [4.78, 5) is 4.59. The zero-order chi connectivity index (χ0) is 24.5. The van der Waals surface area contributed by atoms with Crippen LogP contribution in [0.25, 0.3) is 16.7 Å². The van der Waals surface area contributed by atoms with E-state index in [4.69, 9.17) is 9.47 Å². The SMILES string of the molecule is COc1cc(OC)c(F)c(CC2=CCc3ncc(-c4cn(C5CCNCC5)nc4C#N)cc32)c1F. The molecule has 0 bridgehead atoms. The largest absolute Gasteiger partial charge is 0.494 e. The Balaban J connectivity index is 1.50. The van der Waals surface area contributed by atoms with Crippen molar-refractivity contribution >= 4 is 5.57 Å². The van der Waals surface area contributed by atoms with Crippen LogP contribution in [0.2, 0.25) is 0 Å². The van der Waals surface area contributed by atoms with E-state index in [1.807, 2.05) is 23.0 Å². The van der Waals surface area contributed by atoms with Crippen LogP contribution < -0.4 is 14.8 Å². The lowest BCUT2D eigenvalue weighted by molar-refractivity contribution is 0.343. The van der Waals surface area contributed by atoms with Gasteiger partial charge in [-0.3, -0.25) is 9.67 Å². The van der Waals surface area contributed by atoms with Crippen molar-refractivity contribution in [2.24, 2.45) is 0 Å². The zero-order valence-corrected chi connectivity index (χ0v) is 19.6. The number of ether oxygens (including phenoxy) is 2. The standard InChI is InChI=1S/C26H25F2N5O2/c1-34-23-11-24(35-2)26(28)19(25(23)27)9-15-3-4-21-18(15)10-16(13-31-21)20-14-33(32-22(20)12-29)17-5-7-30-8-6-17/h3,10-11,13-14,17,30H,4-9H2,1-2H3. The van der Waals surface area contributed by atoms with Gasteiger partial charge in [0, 0.05) is 53.6 Å². The summed E-state index contributed by atoms with van der Waals surface area (Å²) in [6, 6.07) is 5.57. The van der Waals surface area contributed by atoms with E-state index in [2.05, 4.69) is 21.5 Å². The van der Waals surface area contributed by atoms with Gasteiger partial charge in [-0.1, -0.05) is 6.08 Å². The molecule has 1 fully saturated rings. The first-order chi connectivity index (χ1) is 17.0. The molecule has 180 valence electrons. The quantitative estimate of drug-likeness (QED) is 0.572. The maximum Gasteiger partial charge on any atom is 0.171 e. The fraction of sp³-hybridized carbons (Fsp3) is 0.346. The minimum Gasteiger partial charge on any atom is -0.494 e. The Kier molecular flexibility index (Phi) is 6.22. The molecule has 1 N–H and O–H groups in total. The lowest BCUT2D eigenvalue weighted by Crippen LogP contribution is -2.29. The summed E-state index contributed by atoms with van der Waals surface area (Å²) < 4.78 is 42.0. The number of pyridine rings is 1. The predicted octanol–water partition coefficient (Wildman–Crippen LogP) is 4.22. The molecule has 2 aliphatic rings. The molecule has 1 aromatic carbocycles. The smallest absolute Gasteiger partial charge is 0.171 e. The van der Waals surface area contributed by atoms with Crippen LogP contribution in [0.15, 0.2) is 30.6 Å². The van der Waals surface area contributed by atoms with E-state index >= 15 is 0 Å². The molecular formula is C26H25F2N5O2. The van der Waals surface area contributed by atoms with Crippen molar-refractivity contribution in [2.45, 2.75) is 31.7 Å². The normalized spacial score (nSPS) is 15.5. The van der Waals surface area contributed by atoms with Gasteiger partial charge in [-0.2, -0.15) is 10.4 Å². The molecule has 1 saturated heterocycles. The number of halogens is 2. The second kappa shape index (κ2) is 9.47. The third-order valence-corrected chi connectivity index (χ3v) is 6.72. The number of hydrogen-bond donors (Lipinski definition) is 1. The van der Waals surface area contributed by atoms with E-state index < -0.39 is 11.6 Å². The molecule has 3 heterocycles. The van der Waals surface area contributed by atoms with Crippen LogP contribution in [0.1, 0.15) is 41.4 Å². The number of aromatic nitrogens is 3. The summed E-state index contributed by atoms with van der Waals surface area (Å²) in [5.41, 5.74) is 4.05. The molecule has 0 saturated carbocycles. The van der Waals surface area contributed by atoms with Crippen LogP contribution in [0.5, 0.6) is 11.5 Å². The van der Waals surface area contributed by atoms with Crippen LogP contribution >= 0.6 is 0 Å². The van der Waals surface area contributed by atoms with Gasteiger partial charge in [-0.05, 0) is 37.6 Å². The molecule has 1 aliphatic heterocycles. The first-order valence-electron chi connectivity index (χ1n) is 11.5. The highest BCUT2D eigenvalue weighted by Crippen LogP contribution is 2.38. The molecule has 0 spiro atoms. The van der Waals surface area contributed by atoms with Crippen LogP contribution in [0.3, 0.4) is 0 Å². The van der Waals surface area contributed by atoms with Gasteiger partial charge in [0.05, 0.1) is 26.0 Å². The van der Waals surface area contributed by atoms with E-state index in [-0.39, 0.29) is 29.5 Å². The van der Waals surface area contributed by atoms with Crippen molar-refractivity contribution < 1.29 is 18.3 Å². The second-order valence-electron chi connectivity index (χ2n) is 8.68. The average Bonchev–Trinajstić information content (AvgIpc) is 3.51. The zero-order valence-electron chi connectivity index (χ0n) is 19.6. The summed E-state index contributed by atoms with van der Waals surface area (Å²) in [6.45, 7) is 1.83. The number of nitrogens with zero attached hydrogens (tertiary/aromatic N) is 4.